The topological polar surface area (TPSA) is 55.9 Å². The van der Waals surface area contributed by atoms with E-state index in [1.165, 1.54) is 21.6 Å². The Morgan fingerprint density at radius 2 is 1.82 bits per heavy atom. The van der Waals surface area contributed by atoms with Crippen LogP contribution in [0.15, 0.2) is 35.7 Å². The second-order valence-corrected chi connectivity index (χ2v) is 11.4. The van der Waals surface area contributed by atoms with Crippen LogP contribution in [-0.2, 0) is 11.2 Å². The van der Waals surface area contributed by atoms with Crippen LogP contribution in [0.1, 0.15) is 55.3 Å². The van der Waals surface area contributed by atoms with E-state index in [2.05, 4.69) is 52.9 Å². The van der Waals surface area contributed by atoms with Crippen LogP contribution in [0.4, 0.5) is 4.79 Å². The number of urea groups is 1. The number of fused-ring (bicyclic) bond motifs is 1. The van der Waals surface area contributed by atoms with E-state index in [0.717, 1.165) is 13.0 Å². The molecule has 1 saturated heterocycles. The van der Waals surface area contributed by atoms with E-state index in [9.17, 15) is 9.59 Å². The highest BCUT2D eigenvalue weighted by Crippen LogP contribution is 2.37. The Morgan fingerprint density at radius 3 is 2.48 bits per heavy atom. The molecule has 2 aliphatic rings. The number of nitrogens with zero attached hydrogens (tertiary/aromatic N) is 3. The van der Waals surface area contributed by atoms with Gasteiger partial charge in [-0.25, -0.2) is 4.79 Å². The molecule has 1 fully saturated rings. The van der Waals surface area contributed by atoms with Gasteiger partial charge in [0, 0.05) is 42.6 Å². The first-order valence-electron chi connectivity index (χ1n) is 11.9. The van der Waals surface area contributed by atoms with Gasteiger partial charge in [-0.3, -0.25) is 9.69 Å². The lowest BCUT2D eigenvalue weighted by molar-refractivity contribution is -0.135. The molecular weight excluding hydrogens is 432 g/mol. The lowest BCUT2D eigenvalue weighted by Gasteiger charge is -2.42. The first-order valence-corrected chi connectivity index (χ1v) is 12.7. The molecular formula is C26H36N4O2S. The molecule has 4 rings (SSSR count). The van der Waals surface area contributed by atoms with Crippen LogP contribution in [0, 0.1) is 6.92 Å². The Balaban J connectivity index is 1.44. The standard InChI is InChI=1S/C26H36N4O2S/c1-18-6-8-20(9-7-18)24-21-11-15-33-22(21)10-12-29(24)17-23(31)28-13-14-30(19(2)16-28)25(32)27-26(3,4)5/h6-9,11,15,19,24H,10,12-14,16-17H2,1-5H3,(H,27,32)/t19-,24-/m0/s1. The molecule has 3 heterocycles. The highest BCUT2D eigenvalue weighted by molar-refractivity contribution is 7.10. The molecule has 33 heavy (non-hydrogen) atoms. The third-order valence-corrected chi connectivity index (χ3v) is 7.52. The summed E-state index contributed by atoms with van der Waals surface area (Å²) in [6.07, 6.45) is 0.986. The Bertz CT molecular complexity index is 994. The molecule has 2 aromatic rings. The Kier molecular flexibility index (Phi) is 6.82. The molecule has 7 heteroatoms. The normalized spacial score (nSPS) is 21.6. The predicted molar refractivity (Wildman–Crippen MR) is 134 cm³/mol. The lowest BCUT2D eigenvalue weighted by Crippen LogP contribution is -2.60. The van der Waals surface area contributed by atoms with Gasteiger partial charge in [0.05, 0.1) is 12.6 Å². The van der Waals surface area contributed by atoms with Crippen LogP contribution in [-0.4, -0.2) is 70.9 Å². The quantitative estimate of drug-likeness (QED) is 0.740. The fourth-order valence-corrected chi connectivity index (χ4v) is 5.73. The molecule has 0 aliphatic carbocycles. The van der Waals surface area contributed by atoms with Crippen LogP contribution < -0.4 is 5.32 Å². The summed E-state index contributed by atoms with van der Waals surface area (Å²) >= 11 is 1.82. The summed E-state index contributed by atoms with van der Waals surface area (Å²) in [7, 11) is 0. The van der Waals surface area contributed by atoms with Crippen molar-refractivity contribution in [2.45, 2.75) is 58.7 Å². The molecule has 0 spiro atoms. The number of benzene rings is 1. The van der Waals surface area contributed by atoms with Gasteiger partial charge >= 0.3 is 6.03 Å². The maximum absolute atomic E-state index is 13.4. The molecule has 2 atom stereocenters. The molecule has 2 aliphatic heterocycles. The van der Waals surface area contributed by atoms with Gasteiger partial charge in [-0.2, -0.15) is 0 Å². The van der Waals surface area contributed by atoms with Crippen molar-refractivity contribution in [3.05, 3.63) is 57.3 Å². The number of carbonyl (C=O) groups excluding carboxylic acids is 2. The van der Waals surface area contributed by atoms with Gasteiger partial charge in [0.15, 0.2) is 0 Å². The largest absolute Gasteiger partial charge is 0.338 e. The summed E-state index contributed by atoms with van der Waals surface area (Å²) in [5.74, 6) is 0.147. The molecule has 1 aromatic carbocycles. The molecule has 0 bridgehead atoms. The molecule has 178 valence electrons. The second-order valence-electron chi connectivity index (χ2n) is 10.4. The van der Waals surface area contributed by atoms with Gasteiger partial charge in [0.2, 0.25) is 5.91 Å². The number of aryl methyl sites for hydroxylation is 1. The van der Waals surface area contributed by atoms with Gasteiger partial charge in [0.25, 0.3) is 0 Å². The van der Waals surface area contributed by atoms with Crippen LogP contribution in [0.5, 0.6) is 0 Å². The van der Waals surface area contributed by atoms with E-state index >= 15 is 0 Å². The number of rotatable bonds is 3. The third kappa shape index (κ3) is 5.41. The number of carbonyl (C=O) groups is 2. The minimum absolute atomic E-state index is 0.0113. The number of hydrogen-bond acceptors (Lipinski definition) is 4. The molecule has 1 aromatic heterocycles. The number of hydrogen-bond donors (Lipinski definition) is 1. The highest BCUT2D eigenvalue weighted by Gasteiger charge is 2.35. The smallest absolute Gasteiger partial charge is 0.318 e. The molecule has 1 N–H and O–H groups in total. The third-order valence-electron chi connectivity index (χ3n) is 6.52. The Hall–Kier alpha value is -2.38. The van der Waals surface area contributed by atoms with Crippen LogP contribution in [0.3, 0.4) is 0 Å². The van der Waals surface area contributed by atoms with Crippen LogP contribution in [0.25, 0.3) is 0 Å². The number of amides is 3. The average molecular weight is 469 g/mol. The molecule has 6 nitrogen and oxygen atoms in total. The van der Waals surface area contributed by atoms with Gasteiger partial charge in [0.1, 0.15) is 0 Å². The molecule has 3 amide bonds. The van der Waals surface area contributed by atoms with E-state index in [1.54, 1.807) is 0 Å². The molecule has 0 radical (unpaired) electrons. The minimum atomic E-state index is -0.274. The molecule has 0 saturated carbocycles. The zero-order valence-corrected chi connectivity index (χ0v) is 21.2. The van der Waals surface area contributed by atoms with E-state index < -0.39 is 0 Å². The summed E-state index contributed by atoms with van der Waals surface area (Å²) in [5, 5.41) is 5.21. The van der Waals surface area contributed by atoms with Crippen molar-refractivity contribution in [1.29, 1.82) is 0 Å². The van der Waals surface area contributed by atoms with E-state index in [1.807, 2.05) is 48.8 Å². The monoisotopic (exact) mass is 468 g/mol. The lowest BCUT2D eigenvalue weighted by atomic mass is 9.92. The average Bonchev–Trinajstić information content (AvgIpc) is 3.22. The molecule has 0 unspecified atom stereocenters. The van der Waals surface area contributed by atoms with Crippen LogP contribution in [0.2, 0.25) is 0 Å². The van der Waals surface area contributed by atoms with Crippen molar-refractivity contribution in [2.75, 3.05) is 32.7 Å². The highest BCUT2D eigenvalue weighted by atomic mass is 32.1. The van der Waals surface area contributed by atoms with Crippen molar-refractivity contribution in [3.63, 3.8) is 0 Å². The van der Waals surface area contributed by atoms with Gasteiger partial charge in [-0.05, 0) is 63.6 Å². The van der Waals surface area contributed by atoms with Crippen molar-refractivity contribution in [1.82, 2.24) is 20.0 Å². The number of nitrogens with one attached hydrogen (secondary N) is 1. The number of thiophene rings is 1. The summed E-state index contributed by atoms with van der Waals surface area (Å²) in [5.41, 5.74) is 3.54. The van der Waals surface area contributed by atoms with Crippen molar-refractivity contribution in [3.8, 4) is 0 Å². The maximum atomic E-state index is 13.4. The summed E-state index contributed by atoms with van der Waals surface area (Å²) in [4.78, 5) is 33.5. The maximum Gasteiger partial charge on any atom is 0.318 e. The van der Waals surface area contributed by atoms with E-state index in [4.69, 9.17) is 0 Å². The van der Waals surface area contributed by atoms with Gasteiger partial charge < -0.3 is 15.1 Å². The predicted octanol–water partition coefficient (Wildman–Crippen LogP) is 4.04. The fraction of sp³-hybridized carbons (Fsp3) is 0.538. The zero-order valence-electron chi connectivity index (χ0n) is 20.4. The van der Waals surface area contributed by atoms with E-state index in [0.29, 0.717) is 26.2 Å². The zero-order chi connectivity index (χ0) is 23.8. The Labute approximate surface area is 201 Å². The van der Waals surface area contributed by atoms with Crippen molar-refractivity contribution >= 4 is 23.3 Å². The first-order chi connectivity index (χ1) is 15.6. The summed E-state index contributed by atoms with van der Waals surface area (Å²) in [6.45, 7) is 13.1. The van der Waals surface area contributed by atoms with Gasteiger partial charge in [-0.1, -0.05) is 29.8 Å². The van der Waals surface area contributed by atoms with Gasteiger partial charge in [-0.15, -0.1) is 11.3 Å². The Morgan fingerprint density at radius 1 is 1.09 bits per heavy atom. The number of piperazine rings is 1. The minimum Gasteiger partial charge on any atom is -0.338 e. The van der Waals surface area contributed by atoms with Crippen LogP contribution >= 0.6 is 11.3 Å². The first kappa shape index (κ1) is 23.8. The fourth-order valence-electron chi connectivity index (χ4n) is 4.83. The summed E-state index contributed by atoms with van der Waals surface area (Å²) < 4.78 is 0. The van der Waals surface area contributed by atoms with Crippen molar-refractivity contribution in [2.24, 2.45) is 0 Å². The summed E-state index contributed by atoms with van der Waals surface area (Å²) in [6, 6.07) is 11.0. The second kappa shape index (κ2) is 9.47. The van der Waals surface area contributed by atoms with Crippen molar-refractivity contribution < 1.29 is 9.59 Å². The van der Waals surface area contributed by atoms with E-state index in [-0.39, 0.29) is 29.6 Å². The SMILES string of the molecule is Cc1ccc([C@H]2c3ccsc3CCN2CC(=O)N2CCN(C(=O)NC(C)(C)C)[C@@H](C)C2)cc1.